The van der Waals surface area contributed by atoms with Crippen LogP contribution in [0, 0.1) is 0 Å². The summed E-state index contributed by atoms with van der Waals surface area (Å²) >= 11 is 0. The maximum Gasteiger partial charge on any atom is 0.256 e. The van der Waals surface area contributed by atoms with Gasteiger partial charge in [-0.05, 0) is 32.1 Å². The van der Waals surface area contributed by atoms with Crippen LogP contribution in [0.4, 0.5) is 0 Å². The Bertz CT molecular complexity index is 576. The maximum absolute atomic E-state index is 2.61. The van der Waals surface area contributed by atoms with Crippen LogP contribution in [0.3, 0.4) is 0 Å². The van der Waals surface area contributed by atoms with Crippen molar-refractivity contribution in [1.29, 1.82) is 0 Å². The molecule has 37 heavy (non-hydrogen) atoms. The summed E-state index contributed by atoms with van der Waals surface area (Å²) in [6.45, 7) is 9.38. The lowest BCUT2D eigenvalue weighted by Crippen LogP contribution is -2.37. The number of aryl methyl sites for hydroxylation is 2. The van der Waals surface area contributed by atoms with Crippen LogP contribution >= 0.6 is 0 Å². The minimum absolute atomic E-state index is 1.22. The van der Waals surface area contributed by atoms with Crippen molar-refractivity contribution in [3.63, 3.8) is 0 Å². The van der Waals surface area contributed by atoms with E-state index in [1.54, 1.807) is 5.82 Å². The Balaban J connectivity index is 2.25. The normalized spacial score (nSPS) is 11.5. The minimum Gasteiger partial charge on any atom is -0.234 e. The van der Waals surface area contributed by atoms with Crippen LogP contribution in [0.25, 0.3) is 0 Å². The molecule has 2 heteroatoms. The Labute approximate surface area is 234 Å². The number of nitrogens with zero attached hydrogens (tertiary/aromatic N) is 2. The van der Waals surface area contributed by atoms with Crippen molar-refractivity contribution >= 4 is 0 Å². The second-order valence-corrected chi connectivity index (χ2v) is 12.0. The zero-order valence-electron chi connectivity index (χ0n) is 26.1. The molecule has 1 aromatic heterocycles. The first kappa shape index (κ1) is 34.2. The molecular formula is C35H69N2+. The molecule has 0 aliphatic heterocycles. The van der Waals surface area contributed by atoms with Crippen LogP contribution in [0.5, 0.6) is 0 Å². The third-order valence-corrected chi connectivity index (χ3v) is 8.35. The van der Waals surface area contributed by atoms with E-state index in [0.29, 0.717) is 0 Å². The summed E-state index contributed by atoms with van der Waals surface area (Å²) in [5.41, 5.74) is 0. The van der Waals surface area contributed by atoms with Gasteiger partial charge in [-0.25, -0.2) is 9.13 Å². The van der Waals surface area contributed by atoms with Gasteiger partial charge in [0.15, 0.2) is 0 Å². The van der Waals surface area contributed by atoms with Crippen LogP contribution in [0.2, 0.25) is 0 Å². The molecule has 0 fully saturated rings. The topological polar surface area (TPSA) is 8.81 Å². The Morgan fingerprint density at radius 3 is 1.30 bits per heavy atom. The van der Waals surface area contributed by atoms with Gasteiger partial charge in [0.05, 0.1) is 13.1 Å². The minimum atomic E-state index is 1.22. The molecule has 0 N–H and O–H groups in total. The third kappa shape index (κ3) is 19.9. The first-order valence-electron chi connectivity index (χ1n) is 17.4. The zero-order valence-corrected chi connectivity index (χ0v) is 26.1. The lowest BCUT2D eigenvalue weighted by Gasteiger charge is -2.07. The van der Waals surface area contributed by atoms with Crippen LogP contribution in [-0.4, -0.2) is 4.57 Å². The fraction of sp³-hybridized carbons (Fsp3) is 0.914. The first-order valence-corrected chi connectivity index (χ1v) is 17.4. The second kappa shape index (κ2) is 26.8. The molecule has 0 aliphatic rings. The van der Waals surface area contributed by atoms with Gasteiger partial charge in [-0.15, -0.1) is 0 Å². The highest BCUT2D eigenvalue weighted by Crippen LogP contribution is 2.14. The van der Waals surface area contributed by atoms with Crippen molar-refractivity contribution in [3.05, 3.63) is 18.2 Å². The van der Waals surface area contributed by atoms with E-state index in [4.69, 9.17) is 0 Å². The van der Waals surface area contributed by atoms with E-state index in [1.807, 2.05) is 0 Å². The van der Waals surface area contributed by atoms with Gasteiger partial charge in [0.25, 0.3) is 5.82 Å². The highest BCUT2D eigenvalue weighted by molar-refractivity contribution is 4.84. The average Bonchev–Trinajstić information content (AvgIpc) is 3.29. The molecule has 1 rings (SSSR count). The first-order chi connectivity index (χ1) is 18.3. The van der Waals surface area contributed by atoms with Crippen molar-refractivity contribution in [1.82, 2.24) is 4.57 Å². The van der Waals surface area contributed by atoms with Crippen molar-refractivity contribution in [3.8, 4) is 0 Å². The van der Waals surface area contributed by atoms with Crippen LogP contribution in [-0.2, 0) is 19.5 Å². The number of imidazole rings is 1. The van der Waals surface area contributed by atoms with Crippen LogP contribution in [0.15, 0.2) is 12.4 Å². The molecule has 1 heterocycles. The number of hydrogen-bond donors (Lipinski definition) is 0. The Morgan fingerprint density at radius 2 is 0.838 bits per heavy atom. The van der Waals surface area contributed by atoms with E-state index < -0.39 is 0 Å². The van der Waals surface area contributed by atoms with Crippen molar-refractivity contribution in [2.45, 2.75) is 207 Å². The van der Waals surface area contributed by atoms with Gasteiger partial charge in [0.2, 0.25) is 0 Å². The maximum atomic E-state index is 2.61. The Kier molecular flexibility index (Phi) is 24.8. The lowest BCUT2D eigenvalue weighted by atomic mass is 10.0. The monoisotopic (exact) mass is 518 g/mol. The van der Waals surface area contributed by atoms with Crippen molar-refractivity contribution in [2.75, 3.05) is 0 Å². The third-order valence-electron chi connectivity index (χ3n) is 8.35. The molecule has 0 atom stereocenters. The Hall–Kier alpha value is -0.790. The molecule has 0 saturated heterocycles. The molecule has 1 aromatic rings. The molecule has 0 saturated carbocycles. The van der Waals surface area contributed by atoms with Crippen molar-refractivity contribution < 1.29 is 4.57 Å². The quantitative estimate of drug-likeness (QED) is 0.0737. The fourth-order valence-electron chi connectivity index (χ4n) is 5.80. The number of rotatable bonds is 29. The number of aromatic nitrogens is 2. The fourth-order valence-corrected chi connectivity index (χ4v) is 5.80. The summed E-state index contributed by atoms with van der Waals surface area (Å²) in [6, 6.07) is 0. The van der Waals surface area contributed by atoms with Gasteiger partial charge in [-0.1, -0.05) is 156 Å². The second-order valence-electron chi connectivity index (χ2n) is 12.0. The zero-order chi connectivity index (χ0) is 26.7. The highest BCUT2D eigenvalue weighted by Gasteiger charge is 2.16. The summed E-state index contributed by atoms with van der Waals surface area (Å²) in [7, 11) is 0. The molecule has 0 bridgehead atoms. The van der Waals surface area contributed by atoms with E-state index in [0.717, 1.165) is 0 Å². The summed E-state index contributed by atoms with van der Waals surface area (Å²) in [4.78, 5) is 0. The number of unbranched alkanes of at least 4 members (excludes halogenated alkanes) is 23. The predicted octanol–water partition coefficient (Wildman–Crippen LogP) is 11.5. The van der Waals surface area contributed by atoms with Gasteiger partial charge in [-0.2, -0.15) is 0 Å². The lowest BCUT2D eigenvalue weighted by molar-refractivity contribution is -0.704. The van der Waals surface area contributed by atoms with Crippen molar-refractivity contribution in [2.24, 2.45) is 0 Å². The van der Waals surface area contributed by atoms with E-state index in [2.05, 4.69) is 42.3 Å². The van der Waals surface area contributed by atoms with Gasteiger partial charge in [0, 0.05) is 6.42 Å². The van der Waals surface area contributed by atoms with E-state index in [1.165, 1.54) is 186 Å². The highest BCUT2D eigenvalue weighted by atomic mass is 15.1. The molecule has 0 aliphatic carbocycles. The van der Waals surface area contributed by atoms with Gasteiger partial charge >= 0.3 is 0 Å². The smallest absolute Gasteiger partial charge is 0.234 e. The summed E-state index contributed by atoms with van der Waals surface area (Å²) in [6.07, 6.45) is 43.0. The molecule has 2 nitrogen and oxygen atoms in total. The van der Waals surface area contributed by atoms with E-state index in [-0.39, 0.29) is 0 Å². The summed E-state index contributed by atoms with van der Waals surface area (Å²) < 4.78 is 5.22. The summed E-state index contributed by atoms with van der Waals surface area (Å²) in [5.74, 6) is 1.61. The Morgan fingerprint density at radius 1 is 0.459 bits per heavy atom. The molecule has 0 spiro atoms. The predicted molar refractivity (Wildman–Crippen MR) is 165 cm³/mol. The molecule has 0 unspecified atom stereocenters. The molecule has 0 radical (unpaired) electrons. The molecule has 218 valence electrons. The van der Waals surface area contributed by atoms with Gasteiger partial charge < -0.3 is 0 Å². The summed E-state index contributed by atoms with van der Waals surface area (Å²) in [5, 5.41) is 0. The molecule has 0 amide bonds. The molecule has 0 aromatic carbocycles. The average molecular weight is 518 g/mol. The van der Waals surface area contributed by atoms with Crippen LogP contribution < -0.4 is 4.57 Å². The van der Waals surface area contributed by atoms with E-state index >= 15 is 0 Å². The standard InChI is InChI=1S/C35H69N2/c1-4-7-10-13-15-17-19-20-21-23-25-27-30-35-36(31-28-12-9-6-3)33-34-37(35)32-29-26-24-22-18-16-14-11-8-5-2/h33-34H,4-32H2,1-3H3/q+1. The number of hydrogen-bond acceptors (Lipinski definition) is 0. The van der Waals surface area contributed by atoms with Gasteiger partial charge in [0.1, 0.15) is 12.4 Å². The van der Waals surface area contributed by atoms with Crippen LogP contribution in [0.1, 0.15) is 194 Å². The van der Waals surface area contributed by atoms with Gasteiger partial charge in [-0.3, -0.25) is 0 Å². The molecular weight excluding hydrogens is 448 g/mol. The van der Waals surface area contributed by atoms with E-state index in [9.17, 15) is 0 Å². The largest absolute Gasteiger partial charge is 0.256 e. The SMILES string of the molecule is CCCCCCCCCCCCCCc1n(CCCCCC)cc[n+]1CCCCCCCCCCCC.